The van der Waals surface area contributed by atoms with Gasteiger partial charge in [0, 0.05) is 11.5 Å². The van der Waals surface area contributed by atoms with Gasteiger partial charge in [0.15, 0.2) is 5.12 Å². The van der Waals surface area contributed by atoms with E-state index in [4.69, 9.17) is 5.11 Å². The van der Waals surface area contributed by atoms with Crippen LogP contribution in [0.1, 0.15) is 34.1 Å². The highest BCUT2D eigenvalue weighted by Crippen LogP contribution is 2.37. The van der Waals surface area contributed by atoms with E-state index in [2.05, 4.69) is 0 Å². The second-order valence-corrected chi connectivity index (χ2v) is 6.03. The quantitative estimate of drug-likeness (QED) is 0.752. The molecule has 15 heavy (non-hydrogen) atoms. The second kappa shape index (κ2) is 4.04. The van der Waals surface area contributed by atoms with Crippen molar-refractivity contribution < 1.29 is 14.7 Å². The first-order valence-electron chi connectivity index (χ1n) is 4.96. The molecule has 1 rings (SSSR count). The maximum Gasteiger partial charge on any atom is 0.408 e. The molecule has 2 unspecified atom stereocenters. The van der Waals surface area contributed by atoms with Crippen molar-refractivity contribution in [2.75, 3.05) is 0 Å². The van der Waals surface area contributed by atoms with Gasteiger partial charge in [-0.05, 0) is 27.2 Å². The lowest BCUT2D eigenvalue weighted by atomic mass is 10.0. The zero-order chi connectivity index (χ0) is 11.8. The van der Waals surface area contributed by atoms with Crippen molar-refractivity contribution in [3.05, 3.63) is 0 Å². The normalized spacial score (nSPS) is 26.8. The Bertz CT molecular complexity index is 285. The number of rotatable bonds is 1. The van der Waals surface area contributed by atoms with E-state index < -0.39 is 11.6 Å². The zero-order valence-electron chi connectivity index (χ0n) is 9.48. The van der Waals surface area contributed by atoms with E-state index in [1.54, 1.807) is 0 Å². The summed E-state index contributed by atoms with van der Waals surface area (Å²) in [5.74, 6) is -0.0378. The molecule has 0 aromatic heterocycles. The van der Waals surface area contributed by atoms with E-state index in [1.807, 2.05) is 27.7 Å². The lowest BCUT2D eigenvalue weighted by molar-refractivity contribution is -0.113. The summed E-state index contributed by atoms with van der Waals surface area (Å²) in [4.78, 5) is 23.9. The zero-order valence-corrected chi connectivity index (χ0v) is 10.3. The Labute approximate surface area is 94.0 Å². The van der Waals surface area contributed by atoms with Gasteiger partial charge in [-0.1, -0.05) is 18.7 Å². The van der Waals surface area contributed by atoms with Crippen LogP contribution in [-0.2, 0) is 4.79 Å². The molecule has 1 aliphatic heterocycles. The number of amides is 1. The van der Waals surface area contributed by atoms with Crippen LogP contribution in [0.3, 0.4) is 0 Å². The van der Waals surface area contributed by atoms with Gasteiger partial charge in [0.1, 0.15) is 0 Å². The molecule has 1 saturated heterocycles. The summed E-state index contributed by atoms with van der Waals surface area (Å²) in [6.45, 7) is 7.37. The van der Waals surface area contributed by atoms with Gasteiger partial charge in [-0.25, -0.2) is 4.79 Å². The molecule has 0 bridgehead atoms. The fourth-order valence-corrected chi connectivity index (χ4v) is 3.19. The molecular weight excluding hydrogens is 214 g/mol. The smallest absolute Gasteiger partial charge is 0.408 e. The van der Waals surface area contributed by atoms with Crippen LogP contribution in [0.5, 0.6) is 0 Å². The van der Waals surface area contributed by atoms with Crippen LogP contribution in [0.4, 0.5) is 4.79 Å². The number of nitrogens with zero attached hydrogens (tertiary/aromatic N) is 1. The second-order valence-electron chi connectivity index (χ2n) is 4.85. The minimum absolute atomic E-state index is 0.0378. The summed E-state index contributed by atoms with van der Waals surface area (Å²) < 4.78 is 0. The third-order valence-electron chi connectivity index (χ3n) is 2.43. The van der Waals surface area contributed by atoms with Crippen molar-refractivity contribution in [3.63, 3.8) is 0 Å². The topological polar surface area (TPSA) is 57.6 Å². The van der Waals surface area contributed by atoms with Crippen molar-refractivity contribution in [3.8, 4) is 0 Å². The van der Waals surface area contributed by atoms with Gasteiger partial charge in [0.2, 0.25) is 0 Å². The van der Waals surface area contributed by atoms with Gasteiger partial charge in [0.05, 0.1) is 5.37 Å². The average Bonchev–Trinajstić information content (AvgIpc) is 2.27. The summed E-state index contributed by atoms with van der Waals surface area (Å²) in [6.07, 6.45) is -0.338. The third kappa shape index (κ3) is 2.65. The maximum absolute atomic E-state index is 11.4. The molecule has 5 heteroatoms. The number of hydrogen-bond donors (Lipinski definition) is 1. The van der Waals surface area contributed by atoms with Crippen molar-refractivity contribution in [2.24, 2.45) is 5.92 Å². The Balaban J connectivity index is 2.84. The van der Waals surface area contributed by atoms with Crippen molar-refractivity contribution in [1.82, 2.24) is 4.90 Å². The highest BCUT2D eigenvalue weighted by molar-refractivity contribution is 8.14. The van der Waals surface area contributed by atoms with E-state index in [0.29, 0.717) is 6.42 Å². The van der Waals surface area contributed by atoms with E-state index in [1.165, 1.54) is 4.90 Å². The van der Waals surface area contributed by atoms with Crippen LogP contribution < -0.4 is 0 Å². The number of carbonyl (C=O) groups excluding carboxylic acids is 1. The van der Waals surface area contributed by atoms with Gasteiger partial charge in [0.25, 0.3) is 0 Å². The fourth-order valence-electron chi connectivity index (χ4n) is 1.70. The Morgan fingerprint density at radius 2 is 2.07 bits per heavy atom. The monoisotopic (exact) mass is 231 g/mol. The third-order valence-corrected chi connectivity index (χ3v) is 3.74. The first-order chi connectivity index (χ1) is 6.73. The molecule has 0 aromatic rings. The van der Waals surface area contributed by atoms with Gasteiger partial charge in [-0.2, -0.15) is 0 Å². The Morgan fingerprint density at radius 3 is 2.33 bits per heavy atom. The molecule has 0 radical (unpaired) electrons. The number of thioether (sulfide) groups is 1. The molecule has 0 spiro atoms. The molecule has 1 N–H and O–H groups in total. The Morgan fingerprint density at radius 1 is 1.53 bits per heavy atom. The molecule has 0 aliphatic carbocycles. The van der Waals surface area contributed by atoms with E-state index in [0.717, 1.165) is 11.8 Å². The minimum atomic E-state index is -0.957. The molecule has 0 aromatic carbocycles. The molecule has 1 heterocycles. The molecule has 0 saturated carbocycles. The van der Waals surface area contributed by atoms with Crippen molar-refractivity contribution in [2.45, 2.75) is 45.0 Å². The molecule has 86 valence electrons. The molecule has 1 amide bonds. The molecule has 1 aliphatic rings. The summed E-state index contributed by atoms with van der Waals surface area (Å²) in [5.41, 5.74) is -0.464. The van der Waals surface area contributed by atoms with Crippen LogP contribution in [0.2, 0.25) is 0 Å². The van der Waals surface area contributed by atoms with Crippen LogP contribution >= 0.6 is 11.8 Å². The molecule has 4 nitrogen and oxygen atoms in total. The minimum Gasteiger partial charge on any atom is -0.465 e. The highest BCUT2D eigenvalue weighted by atomic mass is 32.2. The Kier molecular flexibility index (Phi) is 3.33. The summed E-state index contributed by atoms with van der Waals surface area (Å²) in [7, 11) is 0. The van der Waals surface area contributed by atoms with Gasteiger partial charge in [-0.3, -0.25) is 9.69 Å². The van der Waals surface area contributed by atoms with E-state index in [9.17, 15) is 9.59 Å². The van der Waals surface area contributed by atoms with Crippen LogP contribution in [0.15, 0.2) is 0 Å². The predicted molar refractivity (Wildman–Crippen MR) is 59.8 cm³/mol. The Hall–Kier alpha value is -0.710. The number of carboxylic acid groups (broad SMARTS) is 1. The molecule has 2 atom stereocenters. The summed E-state index contributed by atoms with van der Waals surface area (Å²) in [5, 5.41) is 9.00. The fraction of sp³-hybridized carbons (Fsp3) is 0.800. The van der Waals surface area contributed by atoms with Gasteiger partial charge >= 0.3 is 6.09 Å². The lowest BCUT2D eigenvalue weighted by Crippen LogP contribution is -2.49. The predicted octanol–water partition coefficient (Wildman–Crippen LogP) is 2.39. The van der Waals surface area contributed by atoms with Crippen LogP contribution in [0.25, 0.3) is 0 Å². The summed E-state index contributed by atoms with van der Waals surface area (Å²) in [6, 6.07) is 0. The van der Waals surface area contributed by atoms with Crippen molar-refractivity contribution in [1.29, 1.82) is 0 Å². The van der Waals surface area contributed by atoms with Crippen LogP contribution in [0, 0.1) is 5.92 Å². The van der Waals surface area contributed by atoms with E-state index in [-0.39, 0.29) is 16.4 Å². The van der Waals surface area contributed by atoms with E-state index >= 15 is 0 Å². The van der Waals surface area contributed by atoms with Gasteiger partial charge < -0.3 is 5.11 Å². The largest absolute Gasteiger partial charge is 0.465 e. The summed E-state index contributed by atoms with van der Waals surface area (Å²) >= 11 is 1.14. The van der Waals surface area contributed by atoms with Crippen molar-refractivity contribution >= 4 is 23.0 Å². The standard InChI is InChI=1S/C10H17NO3S/c1-6-5-7(15-8(6)12)11(9(13)14)10(2,3)4/h6-7H,5H2,1-4H3,(H,13,14). The number of carbonyl (C=O) groups is 2. The lowest BCUT2D eigenvalue weighted by Gasteiger charge is -2.37. The SMILES string of the molecule is CC1CC(N(C(=O)O)C(C)(C)C)SC1=O. The first-order valence-corrected chi connectivity index (χ1v) is 5.84. The molecular formula is C10H17NO3S. The first kappa shape index (κ1) is 12.4. The highest BCUT2D eigenvalue weighted by Gasteiger charge is 2.41. The average molecular weight is 231 g/mol. The number of hydrogen-bond acceptors (Lipinski definition) is 3. The maximum atomic E-state index is 11.4. The van der Waals surface area contributed by atoms with Gasteiger partial charge in [-0.15, -0.1) is 0 Å². The van der Waals surface area contributed by atoms with Crippen LogP contribution in [-0.4, -0.2) is 32.1 Å². The molecule has 1 fully saturated rings.